The quantitative estimate of drug-likeness (QED) is 0.830. The number of hydrogen-bond acceptors (Lipinski definition) is 3. The van der Waals surface area contributed by atoms with Crippen molar-refractivity contribution in [1.82, 2.24) is 10.3 Å². The normalized spacial score (nSPS) is 13.4. The SMILES string of the molecule is CC(NC(=O)CSc1ccncc1)C(C)c1ccccc1. The molecule has 0 spiro atoms. The van der Waals surface area contributed by atoms with Crippen molar-refractivity contribution < 1.29 is 4.79 Å². The fourth-order valence-electron chi connectivity index (χ4n) is 2.05. The van der Waals surface area contributed by atoms with Crippen molar-refractivity contribution in [1.29, 1.82) is 0 Å². The molecule has 1 heterocycles. The Morgan fingerprint density at radius 2 is 1.81 bits per heavy atom. The third-order valence-corrected chi connectivity index (χ3v) is 4.50. The number of aromatic nitrogens is 1. The molecule has 2 unspecified atom stereocenters. The van der Waals surface area contributed by atoms with E-state index >= 15 is 0 Å². The molecule has 2 rings (SSSR count). The van der Waals surface area contributed by atoms with Crippen LogP contribution in [0.4, 0.5) is 0 Å². The van der Waals surface area contributed by atoms with E-state index in [1.165, 1.54) is 17.3 Å². The molecule has 0 saturated heterocycles. The highest BCUT2D eigenvalue weighted by Gasteiger charge is 2.16. The van der Waals surface area contributed by atoms with Gasteiger partial charge in [-0.2, -0.15) is 0 Å². The molecule has 1 aromatic heterocycles. The van der Waals surface area contributed by atoms with E-state index in [9.17, 15) is 4.79 Å². The molecule has 0 aliphatic heterocycles. The van der Waals surface area contributed by atoms with Gasteiger partial charge in [-0.05, 0) is 24.6 Å². The van der Waals surface area contributed by atoms with Gasteiger partial charge in [-0.25, -0.2) is 0 Å². The van der Waals surface area contributed by atoms with Crippen molar-refractivity contribution in [3.63, 3.8) is 0 Å². The predicted molar refractivity (Wildman–Crippen MR) is 87.4 cm³/mol. The Hall–Kier alpha value is -1.81. The molecule has 4 heteroatoms. The average Bonchev–Trinajstić information content (AvgIpc) is 2.54. The molecule has 0 aliphatic rings. The Morgan fingerprint density at radius 1 is 1.14 bits per heavy atom. The molecule has 1 aromatic carbocycles. The second-order valence-electron chi connectivity index (χ2n) is 5.03. The zero-order valence-corrected chi connectivity index (χ0v) is 13.1. The second-order valence-corrected chi connectivity index (χ2v) is 6.08. The standard InChI is InChI=1S/C17H20N2OS/c1-13(15-6-4-3-5-7-15)14(2)19-17(20)12-21-16-8-10-18-11-9-16/h3-11,13-14H,12H2,1-2H3,(H,19,20). The van der Waals surface area contributed by atoms with Gasteiger partial charge in [-0.15, -0.1) is 11.8 Å². The van der Waals surface area contributed by atoms with Crippen LogP contribution in [-0.2, 0) is 4.79 Å². The third-order valence-electron chi connectivity index (χ3n) is 3.48. The van der Waals surface area contributed by atoms with E-state index in [4.69, 9.17) is 0 Å². The van der Waals surface area contributed by atoms with Crippen LogP contribution in [0.3, 0.4) is 0 Å². The van der Waals surface area contributed by atoms with Crippen LogP contribution in [0.5, 0.6) is 0 Å². The summed E-state index contributed by atoms with van der Waals surface area (Å²) in [5.74, 6) is 0.781. The number of benzene rings is 1. The maximum absolute atomic E-state index is 12.0. The monoisotopic (exact) mass is 300 g/mol. The summed E-state index contributed by atoms with van der Waals surface area (Å²) in [5.41, 5.74) is 1.24. The Bertz CT molecular complexity index is 560. The molecule has 21 heavy (non-hydrogen) atoms. The lowest BCUT2D eigenvalue weighted by molar-refractivity contribution is -0.119. The number of rotatable bonds is 6. The molecule has 1 amide bonds. The number of thioether (sulfide) groups is 1. The highest BCUT2D eigenvalue weighted by Crippen LogP contribution is 2.19. The minimum atomic E-state index is 0.0621. The minimum absolute atomic E-state index is 0.0621. The second kappa shape index (κ2) is 7.84. The number of nitrogens with zero attached hydrogens (tertiary/aromatic N) is 1. The van der Waals surface area contributed by atoms with Crippen molar-refractivity contribution in [2.24, 2.45) is 0 Å². The van der Waals surface area contributed by atoms with E-state index in [2.05, 4.69) is 29.4 Å². The van der Waals surface area contributed by atoms with Crippen LogP contribution in [0.25, 0.3) is 0 Å². The summed E-state index contributed by atoms with van der Waals surface area (Å²) in [6, 6.07) is 14.2. The third kappa shape index (κ3) is 4.90. The first-order valence-corrected chi connectivity index (χ1v) is 8.02. The van der Waals surface area contributed by atoms with Gasteiger partial charge >= 0.3 is 0 Å². The van der Waals surface area contributed by atoms with E-state index in [1.807, 2.05) is 37.3 Å². The van der Waals surface area contributed by atoms with Crippen molar-refractivity contribution in [2.75, 3.05) is 5.75 Å². The fourth-order valence-corrected chi connectivity index (χ4v) is 2.74. The number of nitrogens with one attached hydrogen (secondary N) is 1. The van der Waals surface area contributed by atoms with Gasteiger partial charge in [0.25, 0.3) is 0 Å². The van der Waals surface area contributed by atoms with Crippen LogP contribution in [-0.4, -0.2) is 22.7 Å². The van der Waals surface area contributed by atoms with Gasteiger partial charge in [0.05, 0.1) is 5.75 Å². The van der Waals surface area contributed by atoms with Gasteiger partial charge in [-0.3, -0.25) is 9.78 Å². The van der Waals surface area contributed by atoms with Gasteiger partial charge in [0, 0.05) is 29.2 Å². The summed E-state index contributed by atoms with van der Waals surface area (Å²) in [6.45, 7) is 4.18. The summed E-state index contributed by atoms with van der Waals surface area (Å²) in [4.78, 5) is 17.0. The topological polar surface area (TPSA) is 42.0 Å². The van der Waals surface area contributed by atoms with E-state index in [0.29, 0.717) is 11.7 Å². The lowest BCUT2D eigenvalue weighted by Gasteiger charge is -2.21. The van der Waals surface area contributed by atoms with Crippen LogP contribution in [0, 0.1) is 0 Å². The van der Waals surface area contributed by atoms with Crippen LogP contribution >= 0.6 is 11.8 Å². The van der Waals surface area contributed by atoms with E-state index in [1.54, 1.807) is 12.4 Å². The highest BCUT2D eigenvalue weighted by atomic mass is 32.2. The van der Waals surface area contributed by atoms with Gasteiger partial charge in [-0.1, -0.05) is 37.3 Å². The fraction of sp³-hybridized carbons (Fsp3) is 0.294. The molecule has 0 bridgehead atoms. The van der Waals surface area contributed by atoms with Crippen LogP contribution < -0.4 is 5.32 Å². The number of carbonyl (C=O) groups excluding carboxylic acids is 1. The Labute approximate surface area is 130 Å². The van der Waals surface area contributed by atoms with Gasteiger partial charge in [0.1, 0.15) is 0 Å². The Morgan fingerprint density at radius 3 is 2.48 bits per heavy atom. The molecule has 2 aromatic rings. The van der Waals surface area contributed by atoms with Crippen LogP contribution in [0.2, 0.25) is 0 Å². The highest BCUT2D eigenvalue weighted by molar-refractivity contribution is 8.00. The molecular formula is C17H20N2OS. The smallest absolute Gasteiger partial charge is 0.230 e. The lowest BCUT2D eigenvalue weighted by atomic mass is 9.94. The molecule has 0 radical (unpaired) electrons. The number of amides is 1. The number of carbonyl (C=O) groups is 1. The molecule has 0 fully saturated rings. The van der Waals surface area contributed by atoms with Crippen molar-refractivity contribution in [2.45, 2.75) is 30.7 Å². The first-order valence-electron chi connectivity index (χ1n) is 7.04. The van der Waals surface area contributed by atoms with E-state index in [-0.39, 0.29) is 11.9 Å². The van der Waals surface area contributed by atoms with Crippen LogP contribution in [0.1, 0.15) is 25.3 Å². The molecular weight excluding hydrogens is 280 g/mol. The van der Waals surface area contributed by atoms with Gasteiger partial charge < -0.3 is 5.32 Å². The lowest BCUT2D eigenvalue weighted by Crippen LogP contribution is -2.37. The summed E-state index contributed by atoms with van der Waals surface area (Å²) in [6.07, 6.45) is 3.47. The van der Waals surface area contributed by atoms with Crippen molar-refractivity contribution >= 4 is 17.7 Å². The van der Waals surface area contributed by atoms with E-state index < -0.39 is 0 Å². The summed E-state index contributed by atoms with van der Waals surface area (Å²) >= 11 is 1.53. The Kier molecular flexibility index (Phi) is 5.81. The first-order chi connectivity index (χ1) is 10.2. The molecule has 1 N–H and O–H groups in total. The largest absolute Gasteiger partial charge is 0.352 e. The van der Waals surface area contributed by atoms with Crippen molar-refractivity contribution in [3.05, 3.63) is 60.4 Å². The van der Waals surface area contributed by atoms with Crippen LogP contribution in [0.15, 0.2) is 59.8 Å². The molecule has 110 valence electrons. The summed E-state index contributed by atoms with van der Waals surface area (Å²) < 4.78 is 0. The molecule has 3 nitrogen and oxygen atoms in total. The maximum atomic E-state index is 12.0. The summed E-state index contributed by atoms with van der Waals surface area (Å²) in [5, 5.41) is 3.07. The minimum Gasteiger partial charge on any atom is -0.352 e. The average molecular weight is 300 g/mol. The zero-order chi connectivity index (χ0) is 15.1. The number of hydrogen-bond donors (Lipinski definition) is 1. The van der Waals surface area contributed by atoms with Gasteiger partial charge in [0.2, 0.25) is 5.91 Å². The Balaban J connectivity index is 1.82. The molecule has 0 aliphatic carbocycles. The first kappa shape index (κ1) is 15.6. The van der Waals surface area contributed by atoms with Crippen molar-refractivity contribution in [3.8, 4) is 0 Å². The predicted octanol–water partition coefficient (Wildman–Crippen LogP) is 3.48. The molecule has 2 atom stereocenters. The summed E-state index contributed by atoms with van der Waals surface area (Å²) in [7, 11) is 0. The maximum Gasteiger partial charge on any atom is 0.230 e. The van der Waals surface area contributed by atoms with Gasteiger partial charge in [0.15, 0.2) is 0 Å². The zero-order valence-electron chi connectivity index (χ0n) is 12.3. The van der Waals surface area contributed by atoms with E-state index in [0.717, 1.165) is 4.90 Å². The molecule has 0 saturated carbocycles. The number of pyridine rings is 1.